The van der Waals surface area contributed by atoms with Crippen molar-refractivity contribution in [3.05, 3.63) is 86.9 Å². The number of aliphatic hydroxyl groups is 1. The Kier molecular flexibility index (Phi) is 5.41. The van der Waals surface area contributed by atoms with E-state index in [4.69, 9.17) is 27.6 Å². The Bertz CT molecular complexity index is 1250. The normalized spacial score (nSPS) is 11.8. The van der Waals surface area contributed by atoms with Gasteiger partial charge in [-0.2, -0.15) is 5.26 Å². The van der Waals surface area contributed by atoms with Gasteiger partial charge in [0.15, 0.2) is 11.5 Å². The molecule has 0 radical (unpaired) electrons. The average molecular weight is 439 g/mol. The van der Waals surface area contributed by atoms with Crippen molar-refractivity contribution in [2.24, 2.45) is 0 Å². The minimum absolute atomic E-state index is 0.0419. The Morgan fingerprint density at radius 2 is 1.86 bits per heavy atom. The minimum Gasteiger partial charge on any atom is -0.503 e. The first-order chi connectivity index (χ1) is 14.1. The van der Waals surface area contributed by atoms with Gasteiger partial charge < -0.3 is 9.52 Å². The van der Waals surface area contributed by atoms with Gasteiger partial charge >= 0.3 is 0 Å². The third kappa shape index (κ3) is 3.92. The van der Waals surface area contributed by atoms with Crippen LogP contribution < -0.4 is 0 Å². The highest BCUT2D eigenvalue weighted by atomic mass is 35.5. The Balaban J connectivity index is 1.70. The Morgan fingerprint density at radius 1 is 1.07 bits per heavy atom. The maximum absolute atomic E-state index is 10.7. The summed E-state index contributed by atoms with van der Waals surface area (Å²) in [7, 11) is 0. The zero-order valence-corrected chi connectivity index (χ0v) is 17.1. The van der Waals surface area contributed by atoms with E-state index in [-0.39, 0.29) is 17.1 Å². The first-order valence-corrected chi connectivity index (χ1v) is 10.1. The monoisotopic (exact) mass is 438 g/mol. The van der Waals surface area contributed by atoms with Crippen LogP contribution in [-0.2, 0) is 0 Å². The fourth-order valence-electron chi connectivity index (χ4n) is 2.75. The highest BCUT2D eigenvalue weighted by Crippen LogP contribution is 2.35. The highest BCUT2D eigenvalue weighted by molar-refractivity contribution is 7.11. The highest BCUT2D eigenvalue weighted by Gasteiger charge is 2.19. The summed E-state index contributed by atoms with van der Waals surface area (Å²) in [6.07, 6.45) is 0. The third-order valence-corrected chi connectivity index (χ3v) is 5.58. The summed E-state index contributed by atoms with van der Waals surface area (Å²) in [5, 5.41) is 23.5. The number of allylic oxidation sites excluding steroid dienone is 1. The van der Waals surface area contributed by atoms with Crippen molar-refractivity contribution in [1.29, 1.82) is 5.26 Å². The quantitative estimate of drug-likeness (QED) is 0.267. The van der Waals surface area contributed by atoms with E-state index in [1.54, 1.807) is 30.3 Å². The van der Waals surface area contributed by atoms with Crippen LogP contribution in [0.5, 0.6) is 0 Å². The predicted octanol–water partition coefficient (Wildman–Crippen LogP) is 7.33. The smallest absolute Gasteiger partial charge is 0.179 e. The number of halogens is 2. The van der Waals surface area contributed by atoms with Crippen molar-refractivity contribution in [2.75, 3.05) is 0 Å². The second-order valence-corrected chi connectivity index (χ2v) is 7.73. The number of hydrogen-bond donors (Lipinski definition) is 1. The van der Waals surface area contributed by atoms with Crippen LogP contribution in [-0.4, -0.2) is 10.1 Å². The lowest BCUT2D eigenvalue weighted by Crippen LogP contribution is -1.89. The minimum atomic E-state index is -0.280. The van der Waals surface area contributed by atoms with Crippen molar-refractivity contribution in [3.63, 3.8) is 0 Å². The van der Waals surface area contributed by atoms with Gasteiger partial charge in [-0.25, -0.2) is 4.98 Å². The predicted molar refractivity (Wildman–Crippen MR) is 117 cm³/mol. The van der Waals surface area contributed by atoms with Crippen molar-refractivity contribution < 1.29 is 9.52 Å². The molecule has 0 aliphatic heterocycles. The molecule has 0 atom stereocenters. The van der Waals surface area contributed by atoms with Gasteiger partial charge in [-0.1, -0.05) is 53.5 Å². The van der Waals surface area contributed by atoms with Crippen LogP contribution >= 0.6 is 34.5 Å². The number of benzene rings is 2. The fourth-order valence-corrected chi connectivity index (χ4v) is 4.08. The van der Waals surface area contributed by atoms with Gasteiger partial charge in [-0.15, -0.1) is 11.3 Å². The molecule has 0 saturated heterocycles. The van der Waals surface area contributed by atoms with Crippen molar-refractivity contribution >= 4 is 45.9 Å². The summed E-state index contributed by atoms with van der Waals surface area (Å²) in [5.74, 6) is 0.325. The first kappa shape index (κ1) is 19.3. The van der Waals surface area contributed by atoms with Gasteiger partial charge in [0, 0.05) is 21.5 Å². The van der Waals surface area contributed by atoms with Gasteiger partial charge in [0.2, 0.25) is 0 Å². The second kappa shape index (κ2) is 8.14. The molecule has 0 amide bonds. The maximum atomic E-state index is 10.7. The molecule has 1 N–H and O–H groups in total. The summed E-state index contributed by atoms with van der Waals surface area (Å²) < 4.78 is 5.74. The summed E-state index contributed by atoms with van der Waals surface area (Å²) in [4.78, 5) is 4.49. The van der Waals surface area contributed by atoms with E-state index in [1.165, 1.54) is 11.3 Å². The van der Waals surface area contributed by atoms with Crippen molar-refractivity contribution in [2.45, 2.75) is 0 Å². The van der Waals surface area contributed by atoms with Crippen molar-refractivity contribution in [3.8, 4) is 28.7 Å². The van der Waals surface area contributed by atoms with E-state index in [0.29, 0.717) is 26.4 Å². The van der Waals surface area contributed by atoms with E-state index < -0.39 is 0 Å². The number of hydrogen-bond acceptors (Lipinski definition) is 5. The third-order valence-electron chi connectivity index (χ3n) is 4.17. The van der Waals surface area contributed by atoms with E-state index in [9.17, 15) is 10.4 Å². The lowest BCUT2D eigenvalue weighted by atomic mass is 10.2. The van der Waals surface area contributed by atoms with Gasteiger partial charge in [0.05, 0.1) is 10.7 Å². The molecule has 0 saturated carbocycles. The van der Waals surface area contributed by atoms with E-state index in [1.807, 2.05) is 41.8 Å². The molecular weight excluding hydrogens is 427 g/mol. The van der Waals surface area contributed by atoms with Crippen LogP contribution in [0.25, 0.3) is 33.9 Å². The Hall–Kier alpha value is -3.04. The molecule has 0 aliphatic rings. The van der Waals surface area contributed by atoms with Gasteiger partial charge in [0.1, 0.15) is 22.4 Å². The maximum Gasteiger partial charge on any atom is 0.179 e. The number of aromatic nitrogens is 1. The van der Waals surface area contributed by atoms with E-state index in [0.717, 1.165) is 11.3 Å². The van der Waals surface area contributed by atoms with Crippen LogP contribution in [0.15, 0.2) is 70.5 Å². The molecule has 0 unspecified atom stereocenters. The number of aliphatic hydroxyl groups excluding tert-OH is 1. The van der Waals surface area contributed by atoms with Gasteiger partial charge in [-0.05, 0) is 30.3 Å². The number of nitrogens with zero attached hydrogens (tertiary/aromatic N) is 2. The first-order valence-electron chi connectivity index (χ1n) is 8.47. The summed E-state index contributed by atoms with van der Waals surface area (Å²) in [6, 6.07) is 19.9. The molecule has 142 valence electrons. The fraction of sp³-hybridized carbons (Fsp3) is 0. The Morgan fingerprint density at radius 3 is 2.59 bits per heavy atom. The van der Waals surface area contributed by atoms with Crippen LogP contribution in [0, 0.1) is 11.3 Å². The SMILES string of the molecule is N#CC(=C(O)c1ccc(-c2ccc(Cl)cc2Cl)o1)c1nc(-c2ccccc2)cs1. The molecule has 4 nitrogen and oxygen atoms in total. The van der Waals surface area contributed by atoms with Crippen LogP contribution in [0.4, 0.5) is 0 Å². The molecule has 4 aromatic rings. The van der Waals surface area contributed by atoms with Gasteiger partial charge in [-0.3, -0.25) is 0 Å². The average Bonchev–Trinajstić information content (AvgIpc) is 3.39. The topological polar surface area (TPSA) is 70.0 Å². The molecule has 2 aromatic carbocycles. The molecule has 29 heavy (non-hydrogen) atoms. The van der Waals surface area contributed by atoms with Crippen LogP contribution in [0.3, 0.4) is 0 Å². The summed E-state index contributed by atoms with van der Waals surface area (Å²) >= 11 is 13.4. The standard InChI is InChI=1S/C22H12Cl2N2O2S/c23-14-6-7-15(17(24)10-14)19-8-9-20(28-19)21(27)16(11-25)22-26-18(12-29-22)13-4-2-1-3-5-13/h1-10,12,27H. The number of furan rings is 1. The molecule has 0 aliphatic carbocycles. The molecule has 7 heteroatoms. The molecule has 0 bridgehead atoms. The zero-order valence-electron chi connectivity index (χ0n) is 14.8. The van der Waals surface area contributed by atoms with Crippen LogP contribution in [0.1, 0.15) is 10.8 Å². The van der Waals surface area contributed by atoms with E-state index >= 15 is 0 Å². The molecule has 2 aromatic heterocycles. The molecule has 4 rings (SSSR count). The molecule has 0 fully saturated rings. The number of nitriles is 1. The zero-order chi connectivity index (χ0) is 20.4. The second-order valence-electron chi connectivity index (χ2n) is 6.03. The van der Waals surface area contributed by atoms with Crippen LogP contribution in [0.2, 0.25) is 10.0 Å². The van der Waals surface area contributed by atoms with E-state index in [2.05, 4.69) is 4.98 Å². The molecular formula is C22H12Cl2N2O2S. The summed E-state index contributed by atoms with van der Waals surface area (Å²) in [6.45, 7) is 0. The lowest BCUT2D eigenvalue weighted by Gasteiger charge is -2.02. The number of rotatable bonds is 4. The largest absolute Gasteiger partial charge is 0.503 e. The Labute approximate surface area is 180 Å². The van der Waals surface area contributed by atoms with Crippen molar-refractivity contribution in [1.82, 2.24) is 4.98 Å². The van der Waals surface area contributed by atoms with Gasteiger partial charge in [0.25, 0.3) is 0 Å². The molecule has 0 spiro atoms. The molecule has 2 heterocycles. The lowest BCUT2D eigenvalue weighted by molar-refractivity contribution is 0.466. The summed E-state index contributed by atoms with van der Waals surface area (Å²) in [5.41, 5.74) is 2.35. The number of thiazole rings is 1.